The van der Waals surface area contributed by atoms with Crippen molar-refractivity contribution in [2.24, 2.45) is 23.2 Å². The fraction of sp³-hybridized carbons (Fsp3) is 0.792. The lowest BCUT2D eigenvalue weighted by Crippen LogP contribution is -2.46. The molecule has 190 valence electrons. The van der Waals surface area contributed by atoms with Crippen LogP contribution >= 0.6 is 0 Å². The Balaban J connectivity index is 1.61. The quantitative estimate of drug-likeness (QED) is 0.561. The van der Waals surface area contributed by atoms with E-state index in [9.17, 15) is 27.9 Å². The second kappa shape index (κ2) is 9.35. The summed E-state index contributed by atoms with van der Waals surface area (Å²) in [5.41, 5.74) is -1.16. The first-order chi connectivity index (χ1) is 15.9. The van der Waals surface area contributed by atoms with Crippen molar-refractivity contribution in [2.45, 2.75) is 82.8 Å². The van der Waals surface area contributed by atoms with Gasteiger partial charge in [0.15, 0.2) is 5.78 Å². The Kier molecular flexibility index (Phi) is 6.96. The average Bonchev–Trinajstić information content (AvgIpc) is 3.67. The largest absolute Gasteiger partial charge is 0.391 e. The van der Waals surface area contributed by atoms with E-state index in [-0.39, 0.29) is 54.9 Å². The van der Waals surface area contributed by atoms with Crippen molar-refractivity contribution >= 4 is 27.6 Å². The number of hydrogen-bond acceptors (Lipinski definition) is 7. The van der Waals surface area contributed by atoms with Crippen LogP contribution in [0.1, 0.15) is 59.3 Å². The highest BCUT2D eigenvalue weighted by molar-refractivity contribution is 7.90. The molecule has 4 rings (SSSR count). The molecule has 0 spiro atoms. The zero-order chi connectivity index (χ0) is 24.8. The first-order valence-corrected chi connectivity index (χ1v) is 13.8. The topological polar surface area (TPSA) is 130 Å². The Morgan fingerprint density at radius 3 is 2.59 bits per heavy atom. The summed E-state index contributed by atoms with van der Waals surface area (Å²) < 4.78 is 32.9. The van der Waals surface area contributed by atoms with Crippen LogP contribution in [-0.2, 0) is 29.1 Å². The maximum absolute atomic E-state index is 13.4. The summed E-state index contributed by atoms with van der Waals surface area (Å²) in [6.45, 7) is 6.17. The fourth-order valence-corrected chi connectivity index (χ4v) is 6.74. The van der Waals surface area contributed by atoms with Crippen LogP contribution in [0.2, 0.25) is 0 Å². The van der Waals surface area contributed by atoms with Gasteiger partial charge in [0.2, 0.25) is 21.8 Å². The number of aliphatic hydroxyl groups excluding tert-OH is 1. The van der Waals surface area contributed by atoms with Crippen molar-refractivity contribution in [3.63, 3.8) is 0 Å². The predicted octanol–water partition coefficient (Wildman–Crippen LogP) is 1.16. The van der Waals surface area contributed by atoms with E-state index in [1.807, 2.05) is 32.9 Å². The molecule has 3 fully saturated rings. The molecule has 7 atom stereocenters. The summed E-state index contributed by atoms with van der Waals surface area (Å²) in [7, 11) is -3.75. The lowest BCUT2D eigenvalue weighted by molar-refractivity contribution is -0.143. The number of nitrogens with one attached hydrogen (secondary N) is 1. The van der Waals surface area contributed by atoms with Crippen molar-refractivity contribution in [1.82, 2.24) is 9.62 Å². The molecule has 1 saturated heterocycles. The molecule has 2 heterocycles. The standard InChI is InChI=1S/C24H36N2O7S/c1-14-9-15(2)33-8-4-5-17-11-24(17,23(30)25-34(31,32)19-6-7-19)12-21(28)20-10-18(27)13-26(20)22(29)16(14)3/h4-5,14-20,27H,6-13H2,1-3H3,(H,25,30)/b5-4-/t14-,15+,16?,17-,18-,20+,24-/m1/s1. The number of carbonyl (C=O) groups excluding carboxylic acids is 3. The van der Waals surface area contributed by atoms with E-state index < -0.39 is 38.7 Å². The third kappa shape index (κ3) is 5.09. The Labute approximate surface area is 201 Å². The molecule has 0 aromatic heterocycles. The van der Waals surface area contributed by atoms with Crippen molar-refractivity contribution in [2.75, 3.05) is 13.2 Å². The molecule has 0 aromatic carbocycles. The highest BCUT2D eigenvalue weighted by Crippen LogP contribution is 2.57. The van der Waals surface area contributed by atoms with Gasteiger partial charge in [0.05, 0.1) is 35.5 Å². The molecule has 4 aliphatic rings. The molecule has 10 heteroatoms. The molecular formula is C24H36N2O7S. The summed E-state index contributed by atoms with van der Waals surface area (Å²) in [5.74, 6) is -1.78. The smallest absolute Gasteiger partial charge is 0.240 e. The number of nitrogens with zero attached hydrogens (tertiary/aromatic N) is 1. The van der Waals surface area contributed by atoms with E-state index in [2.05, 4.69) is 4.72 Å². The predicted molar refractivity (Wildman–Crippen MR) is 124 cm³/mol. The average molecular weight is 497 g/mol. The van der Waals surface area contributed by atoms with Gasteiger partial charge in [-0.3, -0.25) is 19.1 Å². The van der Waals surface area contributed by atoms with Gasteiger partial charge in [-0.05, 0) is 44.4 Å². The van der Waals surface area contributed by atoms with Gasteiger partial charge >= 0.3 is 0 Å². The minimum absolute atomic E-state index is 0.0169. The third-order valence-electron chi connectivity index (χ3n) is 8.00. The minimum atomic E-state index is -3.75. The van der Waals surface area contributed by atoms with Crippen molar-refractivity contribution in [3.05, 3.63) is 12.2 Å². The van der Waals surface area contributed by atoms with E-state index >= 15 is 0 Å². The van der Waals surface area contributed by atoms with Gasteiger partial charge in [-0.1, -0.05) is 26.0 Å². The monoisotopic (exact) mass is 496 g/mol. The maximum Gasteiger partial charge on any atom is 0.240 e. The normalized spacial score (nSPS) is 40.5. The molecule has 2 aliphatic carbocycles. The summed E-state index contributed by atoms with van der Waals surface area (Å²) >= 11 is 0. The lowest BCUT2D eigenvalue weighted by atomic mass is 9.88. The highest BCUT2D eigenvalue weighted by atomic mass is 32.2. The number of sulfonamides is 1. The first kappa shape index (κ1) is 25.3. The fourth-order valence-electron chi connectivity index (χ4n) is 5.35. The number of ketones is 1. The number of carbonyl (C=O) groups is 3. The molecule has 0 bridgehead atoms. The molecule has 2 aliphatic heterocycles. The van der Waals surface area contributed by atoms with Gasteiger partial charge in [-0.2, -0.15) is 0 Å². The van der Waals surface area contributed by atoms with E-state index in [0.717, 1.165) is 0 Å². The van der Waals surface area contributed by atoms with Crippen LogP contribution < -0.4 is 4.72 Å². The summed E-state index contributed by atoms with van der Waals surface area (Å²) in [5, 5.41) is 9.74. The summed E-state index contributed by atoms with van der Waals surface area (Å²) in [4.78, 5) is 41.4. The van der Waals surface area contributed by atoms with Crippen molar-refractivity contribution in [3.8, 4) is 0 Å². The van der Waals surface area contributed by atoms with Gasteiger partial charge in [-0.25, -0.2) is 8.42 Å². The van der Waals surface area contributed by atoms with Crippen LogP contribution in [0.5, 0.6) is 0 Å². The van der Waals surface area contributed by atoms with E-state index in [4.69, 9.17) is 4.74 Å². The molecule has 34 heavy (non-hydrogen) atoms. The van der Waals surface area contributed by atoms with Crippen molar-refractivity contribution in [1.29, 1.82) is 0 Å². The number of ether oxygens (including phenoxy) is 1. The number of Topliss-reactive ketones (excluding diaryl/α,β-unsaturated/α-hetero) is 1. The Morgan fingerprint density at radius 1 is 1.21 bits per heavy atom. The SMILES string of the molecule is CC1C(=O)N2C[C@H](O)C[C@H]2C(=O)C[C@]2(C(=O)NS(=O)(=O)C3CC3)C[C@H]2/C=C\CO[C@@H](C)C[C@H]1C. The second-order valence-corrected chi connectivity index (χ2v) is 12.7. The molecule has 2 N–H and O–H groups in total. The molecule has 0 radical (unpaired) electrons. The number of allylic oxidation sites excluding steroid dienone is 1. The minimum Gasteiger partial charge on any atom is -0.391 e. The Hall–Kier alpha value is -1.78. The number of rotatable bonds is 3. The number of fused-ring (bicyclic) bond motifs is 2. The van der Waals surface area contributed by atoms with Crippen LogP contribution in [0.15, 0.2) is 12.2 Å². The molecule has 9 nitrogen and oxygen atoms in total. The first-order valence-electron chi connectivity index (χ1n) is 12.3. The zero-order valence-corrected chi connectivity index (χ0v) is 20.9. The van der Waals surface area contributed by atoms with E-state index in [1.54, 1.807) is 0 Å². The second-order valence-electron chi connectivity index (χ2n) is 10.8. The van der Waals surface area contributed by atoms with Gasteiger partial charge in [0.25, 0.3) is 0 Å². The summed E-state index contributed by atoms with van der Waals surface area (Å²) in [6.07, 6.45) is 4.80. The number of aliphatic hydroxyl groups is 1. The Bertz CT molecular complexity index is 976. The van der Waals surface area contributed by atoms with Crippen LogP contribution in [0.3, 0.4) is 0 Å². The van der Waals surface area contributed by atoms with Gasteiger partial charge in [0, 0.05) is 25.3 Å². The summed E-state index contributed by atoms with van der Waals surface area (Å²) in [6, 6.07) is -0.814. The molecule has 0 aromatic rings. The number of amides is 2. The van der Waals surface area contributed by atoms with Crippen LogP contribution in [0.25, 0.3) is 0 Å². The zero-order valence-electron chi connectivity index (χ0n) is 20.1. The third-order valence-corrected chi connectivity index (χ3v) is 9.82. The van der Waals surface area contributed by atoms with Crippen LogP contribution in [0.4, 0.5) is 0 Å². The maximum atomic E-state index is 13.4. The molecular weight excluding hydrogens is 460 g/mol. The van der Waals surface area contributed by atoms with Gasteiger partial charge in [0.1, 0.15) is 0 Å². The lowest BCUT2D eigenvalue weighted by Gasteiger charge is -2.30. The molecule has 1 unspecified atom stereocenters. The molecule has 2 saturated carbocycles. The van der Waals surface area contributed by atoms with Gasteiger partial charge < -0.3 is 14.7 Å². The number of hydrogen-bond donors (Lipinski definition) is 2. The van der Waals surface area contributed by atoms with E-state index in [1.165, 1.54) is 4.90 Å². The van der Waals surface area contributed by atoms with Crippen molar-refractivity contribution < 1.29 is 32.6 Å². The van der Waals surface area contributed by atoms with Crippen LogP contribution in [0, 0.1) is 23.2 Å². The van der Waals surface area contributed by atoms with E-state index in [0.29, 0.717) is 32.3 Å². The van der Waals surface area contributed by atoms with Gasteiger partial charge in [-0.15, -0.1) is 0 Å². The Morgan fingerprint density at radius 2 is 1.91 bits per heavy atom. The van der Waals surface area contributed by atoms with Crippen LogP contribution in [-0.4, -0.2) is 72.7 Å². The molecule has 2 amide bonds. The highest BCUT2D eigenvalue weighted by Gasteiger charge is 2.61.